The summed E-state index contributed by atoms with van der Waals surface area (Å²) < 4.78 is 7.35. The first kappa shape index (κ1) is 21.5. The summed E-state index contributed by atoms with van der Waals surface area (Å²) in [6.07, 6.45) is 6.99. The average Bonchev–Trinajstić information content (AvgIpc) is 3.30. The molecule has 0 aromatic carbocycles. The van der Waals surface area contributed by atoms with Crippen molar-refractivity contribution in [3.8, 4) is 0 Å². The average molecular weight is 405 g/mol. The van der Waals surface area contributed by atoms with Crippen LogP contribution in [0.3, 0.4) is 0 Å². The molecule has 2 fully saturated rings. The highest BCUT2D eigenvalue weighted by Crippen LogP contribution is 2.27. The van der Waals surface area contributed by atoms with Crippen molar-refractivity contribution in [2.75, 3.05) is 39.8 Å². The molecule has 0 bridgehead atoms. The fraction of sp³-hybridized carbons (Fsp3) is 0.762. The van der Waals surface area contributed by atoms with Gasteiger partial charge in [-0.25, -0.2) is 4.79 Å². The Balaban J connectivity index is 1.42. The van der Waals surface area contributed by atoms with Crippen LogP contribution < -0.4 is 5.32 Å². The summed E-state index contributed by atoms with van der Waals surface area (Å²) >= 11 is 0. The molecule has 1 aromatic rings. The Morgan fingerprint density at radius 1 is 1.24 bits per heavy atom. The maximum atomic E-state index is 12.2. The van der Waals surface area contributed by atoms with E-state index < -0.39 is 5.60 Å². The molecule has 0 saturated carbocycles. The van der Waals surface area contributed by atoms with Gasteiger partial charge in [0.15, 0.2) is 5.96 Å². The van der Waals surface area contributed by atoms with Gasteiger partial charge in [-0.1, -0.05) is 0 Å². The van der Waals surface area contributed by atoms with Crippen LogP contribution in [0.15, 0.2) is 17.4 Å². The van der Waals surface area contributed by atoms with Gasteiger partial charge in [-0.05, 0) is 51.5 Å². The van der Waals surface area contributed by atoms with Gasteiger partial charge in [-0.15, -0.1) is 0 Å². The zero-order chi connectivity index (χ0) is 21.0. The van der Waals surface area contributed by atoms with Crippen LogP contribution in [0.5, 0.6) is 0 Å². The maximum absolute atomic E-state index is 12.2. The van der Waals surface area contributed by atoms with Gasteiger partial charge in [0.05, 0.1) is 6.20 Å². The largest absolute Gasteiger partial charge is 0.444 e. The van der Waals surface area contributed by atoms with E-state index in [9.17, 15) is 4.79 Å². The van der Waals surface area contributed by atoms with E-state index in [0.717, 1.165) is 57.9 Å². The van der Waals surface area contributed by atoms with E-state index in [1.165, 1.54) is 5.56 Å². The molecule has 2 aliphatic heterocycles. The molecule has 0 aliphatic carbocycles. The Morgan fingerprint density at radius 2 is 1.93 bits per heavy atom. The molecule has 0 radical (unpaired) electrons. The number of aromatic nitrogens is 2. The summed E-state index contributed by atoms with van der Waals surface area (Å²) in [6, 6.07) is 0. The smallest absolute Gasteiger partial charge is 0.410 e. The first-order valence-electron chi connectivity index (χ1n) is 10.7. The van der Waals surface area contributed by atoms with Crippen molar-refractivity contribution in [1.29, 1.82) is 0 Å². The minimum absolute atomic E-state index is 0.196. The highest BCUT2D eigenvalue weighted by Gasteiger charge is 2.29. The zero-order valence-corrected chi connectivity index (χ0v) is 18.5. The van der Waals surface area contributed by atoms with Crippen LogP contribution in [-0.4, -0.2) is 77.0 Å². The molecule has 3 rings (SSSR count). The number of aryl methyl sites for hydroxylation is 1. The first-order chi connectivity index (χ1) is 13.7. The normalized spacial score (nSPS) is 21.6. The van der Waals surface area contributed by atoms with E-state index in [4.69, 9.17) is 4.74 Å². The molecule has 1 unspecified atom stereocenters. The van der Waals surface area contributed by atoms with Crippen molar-refractivity contribution in [2.45, 2.75) is 51.6 Å². The van der Waals surface area contributed by atoms with Crippen molar-refractivity contribution in [3.05, 3.63) is 18.0 Å². The summed E-state index contributed by atoms with van der Waals surface area (Å²) in [5.74, 6) is 2.03. The Hall–Kier alpha value is -2.25. The molecule has 1 atom stereocenters. The minimum Gasteiger partial charge on any atom is -0.444 e. The molecule has 8 heteroatoms. The molecule has 1 amide bonds. The third kappa shape index (κ3) is 5.87. The molecule has 1 aromatic heterocycles. The summed E-state index contributed by atoms with van der Waals surface area (Å²) in [5, 5.41) is 7.86. The second-order valence-corrected chi connectivity index (χ2v) is 9.22. The maximum Gasteiger partial charge on any atom is 0.410 e. The first-order valence-corrected chi connectivity index (χ1v) is 10.7. The quantitative estimate of drug-likeness (QED) is 0.619. The van der Waals surface area contributed by atoms with E-state index >= 15 is 0 Å². The van der Waals surface area contributed by atoms with E-state index in [1.807, 2.05) is 50.6 Å². The summed E-state index contributed by atoms with van der Waals surface area (Å²) in [4.78, 5) is 20.9. The minimum atomic E-state index is -0.439. The van der Waals surface area contributed by atoms with Crippen LogP contribution in [0, 0.1) is 5.92 Å². The second-order valence-electron chi connectivity index (χ2n) is 9.22. The number of guanidine groups is 1. The van der Waals surface area contributed by atoms with Crippen molar-refractivity contribution < 1.29 is 9.53 Å². The van der Waals surface area contributed by atoms with Crippen molar-refractivity contribution in [1.82, 2.24) is 24.9 Å². The van der Waals surface area contributed by atoms with Crippen molar-refractivity contribution in [3.63, 3.8) is 0 Å². The number of likely N-dealkylation sites (tertiary alicyclic amines) is 2. The lowest BCUT2D eigenvalue weighted by molar-refractivity contribution is 0.0185. The summed E-state index contributed by atoms with van der Waals surface area (Å²) in [7, 11) is 3.82. The van der Waals surface area contributed by atoms with Gasteiger partial charge in [0.25, 0.3) is 0 Å². The van der Waals surface area contributed by atoms with Crippen LogP contribution >= 0.6 is 0 Å². The van der Waals surface area contributed by atoms with E-state index in [-0.39, 0.29) is 6.09 Å². The molecule has 1 N–H and O–H groups in total. The third-order valence-corrected chi connectivity index (χ3v) is 5.71. The predicted octanol–water partition coefficient (Wildman–Crippen LogP) is 2.43. The van der Waals surface area contributed by atoms with Gasteiger partial charge in [-0.2, -0.15) is 5.10 Å². The fourth-order valence-corrected chi connectivity index (χ4v) is 4.09. The SMILES string of the molecule is CN=C(NCC1CCN(C(=O)OC(C)(C)C)CC1)N1CCC(c2cnn(C)c2)C1. The molecule has 0 spiro atoms. The fourth-order valence-electron chi connectivity index (χ4n) is 4.09. The molecule has 162 valence electrons. The molecule has 2 aliphatic rings. The Morgan fingerprint density at radius 3 is 2.52 bits per heavy atom. The zero-order valence-electron chi connectivity index (χ0n) is 18.5. The monoisotopic (exact) mass is 404 g/mol. The topological polar surface area (TPSA) is 75.0 Å². The number of nitrogens with zero attached hydrogens (tertiary/aromatic N) is 5. The van der Waals surface area contributed by atoms with Crippen LogP contribution in [0.2, 0.25) is 0 Å². The van der Waals surface area contributed by atoms with Crippen LogP contribution in [-0.2, 0) is 11.8 Å². The number of piperidine rings is 1. The van der Waals surface area contributed by atoms with Gasteiger partial charge in [-0.3, -0.25) is 9.67 Å². The molecular formula is C21H36N6O2. The standard InChI is InChI=1S/C21H36N6O2/c1-21(2,3)29-20(28)26-9-6-16(7-10-26)12-23-19(22-4)27-11-8-17(15-27)18-13-24-25(5)14-18/h13-14,16-17H,6-12,15H2,1-5H3,(H,22,23). The van der Waals surface area contributed by atoms with Gasteiger partial charge in [0.2, 0.25) is 0 Å². The predicted molar refractivity (Wildman–Crippen MR) is 114 cm³/mol. The van der Waals surface area contributed by atoms with Crippen molar-refractivity contribution in [2.24, 2.45) is 18.0 Å². The highest BCUT2D eigenvalue weighted by atomic mass is 16.6. The molecule has 8 nitrogen and oxygen atoms in total. The number of rotatable bonds is 3. The lowest BCUT2D eigenvalue weighted by Crippen LogP contribution is -2.46. The van der Waals surface area contributed by atoms with E-state index in [1.54, 1.807) is 0 Å². The third-order valence-electron chi connectivity index (χ3n) is 5.71. The van der Waals surface area contributed by atoms with Crippen LogP contribution in [0.25, 0.3) is 0 Å². The van der Waals surface area contributed by atoms with E-state index in [2.05, 4.69) is 26.5 Å². The molecule has 2 saturated heterocycles. The van der Waals surface area contributed by atoms with Crippen molar-refractivity contribution >= 4 is 12.1 Å². The number of ether oxygens (including phenoxy) is 1. The number of carbonyl (C=O) groups excluding carboxylic acids is 1. The second kappa shape index (κ2) is 9.05. The van der Waals surface area contributed by atoms with Gasteiger partial charge < -0.3 is 19.9 Å². The van der Waals surface area contributed by atoms with E-state index in [0.29, 0.717) is 11.8 Å². The number of nitrogens with one attached hydrogen (secondary N) is 1. The van der Waals surface area contributed by atoms with Gasteiger partial charge in [0, 0.05) is 58.9 Å². The molecule has 3 heterocycles. The molecular weight excluding hydrogens is 368 g/mol. The number of amides is 1. The van der Waals surface area contributed by atoms with Gasteiger partial charge in [0.1, 0.15) is 5.60 Å². The lowest BCUT2D eigenvalue weighted by atomic mass is 9.97. The highest BCUT2D eigenvalue weighted by molar-refractivity contribution is 5.80. The number of hydrogen-bond acceptors (Lipinski definition) is 4. The lowest BCUT2D eigenvalue weighted by Gasteiger charge is -2.34. The summed E-state index contributed by atoms with van der Waals surface area (Å²) in [6.45, 7) is 10.1. The number of aliphatic imine (C=N–C) groups is 1. The van der Waals surface area contributed by atoms with Crippen LogP contribution in [0.4, 0.5) is 4.79 Å². The number of hydrogen-bond donors (Lipinski definition) is 1. The Kier molecular flexibility index (Phi) is 6.70. The van der Waals surface area contributed by atoms with Gasteiger partial charge >= 0.3 is 6.09 Å². The Labute approximate surface area is 174 Å². The van der Waals surface area contributed by atoms with Crippen LogP contribution in [0.1, 0.15) is 51.5 Å². The number of carbonyl (C=O) groups is 1. The summed E-state index contributed by atoms with van der Waals surface area (Å²) in [5.41, 5.74) is 0.866. The Bertz CT molecular complexity index is 715. The molecule has 29 heavy (non-hydrogen) atoms.